The summed E-state index contributed by atoms with van der Waals surface area (Å²) < 4.78 is 24.2. The topological polar surface area (TPSA) is 75.3 Å². The van der Waals surface area contributed by atoms with E-state index >= 15 is 0 Å². The van der Waals surface area contributed by atoms with Gasteiger partial charge in [0.25, 0.3) is 5.91 Å². The Morgan fingerprint density at radius 1 is 1.35 bits per heavy atom. The molecule has 0 heterocycles. The zero-order valence-corrected chi connectivity index (χ0v) is 9.70. The molecule has 5 nitrogen and oxygen atoms in total. The largest absolute Gasteiger partial charge is 0.348 e. The van der Waals surface area contributed by atoms with Gasteiger partial charge in [-0.25, -0.2) is 8.78 Å². The minimum atomic E-state index is -2.77. The van der Waals surface area contributed by atoms with E-state index in [-0.39, 0.29) is 12.5 Å². The highest BCUT2D eigenvalue weighted by Crippen LogP contribution is 2.05. The van der Waals surface area contributed by atoms with Crippen molar-refractivity contribution in [3.8, 4) is 0 Å². The molecular formula is C10H16F2N2O3. The lowest BCUT2D eigenvalue weighted by atomic mass is 10.1. The van der Waals surface area contributed by atoms with Crippen LogP contribution >= 0.6 is 0 Å². The summed E-state index contributed by atoms with van der Waals surface area (Å²) in [4.78, 5) is 33.0. The van der Waals surface area contributed by atoms with Crippen LogP contribution in [0.15, 0.2) is 0 Å². The first kappa shape index (κ1) is 15.5. The maximum absolute atomic E-state index is 12.1. The highest BCUT2D eigenvalue weighted by Gasteiger charge is 2.28. The number of halogens is 2. The average Bonchev–Trinajstić information content (AvgIpc) is 2.26. The fourth-order valence-electron chi connectivity index (χ4n) is 1.07. The first-order valence-electron chi connectivity index (χ1n) is 5.24. The Labute approximate surface area is 97.9 Å². The standard InChI is InChI=1S/C10H16F2N2O3/c1-3-6(2)14-10(17)9(16)7(13-5-15)4-8(11)12/h5-8H,3-4H2,1-2H3,(H,13,15)(H,14,17)/t6-,7?/m0/s1. The van der Waals surface area contributed by atoms with E-state index in [1.54, 1.807) is 13.8 Å². The van der Waals surface area contributed by atoms with Gasteiger partial charge in [-0.2, -0.15) is 0 Å². The number of alkyl halides is 2. The van der Waals surface area contributed by atoms with Gasteiger partial charge in [-0.3, -0.25) is 14.4 Å². The molecule has 0 aliphatic carbocycles. The van der Waals surface area contributed by atoms with Crippen LogP contribution in [-0.4, -0.2) is 36.6 Å². The van der Waals surface area contributed by atoms with Crippen molar-refractivity contribution < 1.29 is 23.2 Å². The highest BCUT2D eigenvalue weighted by molar-refractivity contribution is 6.38. The predicted octanol–water partition coefficient (Wildman–Crippen LogP) is 0.240. The molecule has 2 atom stereocenters. The smallest absolute Gasteiger partial charge is 0.289 e. The van der Waals surface area contributed by atoms with Crippen molar-refractivity contribution in [2.75, 3.05) is 0 Å². The molecule has 1 unspecified atom stereocenters. The van der Waals surface area contributed by atoms with Crippen molar-refractivity contribution >= 4 is 18.1 Å². The quantitative estimate of drug-likeness (QED) is 0.478. The zero-order valence-electron chi connectivity index (χ0n) is 9.70. The normalized spacial score (nSPS) is 13.9. The second kappa shape index (κ2) is 7.70. The number of rotatable bonds is 8. The fraction of sp³-hybridized carbons (Fsp3) is 0.700. The summed E-state index contributed by atoms with van der Waals surface area (Å²) in [6.07, 6.45) is -2.90. The third-order valence-corrected chi connectivity index (χ3v) is 2.21. The summed E-state index contributed by atoms with van der Waals surface area (Å²) in [5, 5.41) is 4.27. The molecule has 0 radical (unpaired) electrons. The third kappa shape index (κ3) is 5.94. The van der Waals surface area contributed by atoms with Gasteiger partial charge in [0.1, 0.15) is 6.04 Å². The molecule has 0 bridgehead atoms. The van der Waals surface area contributed by atoms with Gasteiger partial charge in [0, 0.05) is 12.5 Å². The van der Waals surface area contributed by atoms with Crippen LogP contribution in [0, 0.1) is 0 Å². The molecule has 0 saturated carbocycles. The lowest BCUT2D eigenvalue weighted by Crippen LogP contribution is -2.47. The molecule has 0 fully saturated rings. The second-order valence-electron chi connectivity index (χ2n) is 3.61. The Balaban J connectivity index is 4.48. The summed E-state index contributed by atoms with van der Waals surface area (Å²) in [6.45, 7) is 3.48. The van der Waals surface area contributed by atoms with Gasteiger partial charge in [-0.15, -0.1) is 0 Å². The molecule has 0 aliphatic rings. The monoisotopic (exact) mass is 250 g/mol. The van der Waals surface area contributed by atoms with Crippen molar-refractivity contribution in [2.24, 2.45) is 0 Å². The second-order valence-corrected chi connectivity index (χ2v) is 3.61. The highest BCUT2D eigenvalue weighted by atomic mass is 19.3. The molecule has 0 aromatic heterocycles. The van der Waals surface area contributed by atoms with Crippen molar-refractivity contribution in [2.45, 2.75) is 45.2 Å². The Kier molecular flexibility index (Phi) is 7.00. The van der Waals surface area contributed by atoms with Gasteiger partial charge in [0.15, 0.2) is 0 Å². The Hall–Kier alpha value is -1.53. The first-order valence-corrected chi connectivity index (χ1v) is 5.24. The number of carbonyl (C=O) groups excluding carboxylic acids is 3. The van der Waals surface area contributed by atoms with Crippen molar-refractivity contribution in [3.63, 3.8) is 0 Å². The zero-order chi connectivity index (χ0) is 13.4. The van der Waals surface area contributed by atoms with E-state index in [0.29, 0.717) is 6.42 Å². The molecule has 2 N–H and O–H groups in total. The minimum absolute atomic E-state index is 0.126. The fourth-order valence-corrected chi connectivity index (χ4v) is 1.07. The summed E-state index contributed by atoms with van der Waals surface area (Å²) in [6, 6.07) is -1.70. The van der Waals surface area contributed by atoms with Crippen LogP contribution in [0.3, 0.4) is 0 Å². The molecule has 0 aromatic rings. The molecule has 0 spiro atoms. The number of hydrogen-bond donors (Lipinski definition) is 2. The van der Waals surface area contributed by atoms with Crippen LogP contribution in [0.4, 0.5) is 8.78 Å². The van der Waals surface area contributed by atoms with Crippen molar-refractivity contribution in [3.05, 3.63) is 0 Å². The van der Waals surface area contributed by atoms with Gasteiger partial charge >= 0.3 is 0 Å². The summed E-state index contributed by atoms with van der Waals surface area (Å²) in [5.41, 5.74) is 0. The van der Waals surface area contributed by atoms with Crippen molar-refractivity contribution in [1.29, 1.82) is 0 Å². The van der Waals surface area contributed by atoms with E-state index < -0.39 is 30.6 Å². The Morgan fingerprint density at radius 2 is 1.94 bits per heavy atom. The number of hydrogen-bond acceptors (Lipinski definition) is 3. The molecule has 7 heteroatoms. The van der Waals surface area contributed by atoms with E-state index in [2.05, 4.69) is 5.32 Å². The minimum Gasteiger partial charge on any atom is -0.348 e. The van der Waals surface area contributed by atoms with Crippen LogP contribution in [0.1, 0.15) is 26.7 Å². The predicted molar refractivity (Wildman–Crippen MR) is 56.5 cm³/mol. The number of nitrogens with one attached hydrogen (secondary N) is 2. The number of ketones is 1. The summed E-state index contributed by atoms with van der Waals surface area (Å²) >= 11 is 0. The molecule has 0 rings (SSSR count). The molecule has 0 saturated heterocycles. The lowest BCUT2D eigenvalue weighted by molar-refractivity contribution is -0.140. The van der Waals surface area contributed by atoms with Gasteiger partial charge in [0.05, 0.1) is 0 Å². The lowest BCUT2D eigenvalue weighted by Gasteiger charge is -2.16. The van der Waals surface area contributed by atoms with E-state index in [4.69, 9.17) is 0 Å². The molecular weight excluding hydrogens is 234 g/mol. The van der Waals surface area contributed by atoms with Crippen LogP contribution in [0.5, 0.6) is 0 Å². The SMILES string of the molecule is CC[C@H](C)NC(=O)C(=O)C(CC(F)F)NC=O. The first-order chi connectivity index (χ1) is 7.92. The molecule has 17 heavy (non-hydrogen) atoms. The summed E-state index contributed by atoms with van der Waals surface area (Å²) in [5.74, 6) is -2.02. The Morgan fingerprint density at radius 3 is 2.35 bits per heavy atom. The van der Waals surface area contributed by atoms with E-state index in [9.17, 15) is 23.2 Å². The average molecular weight is 250 g/mol. The Bertz CT molecular complexity index is 285. The molecule has 98 valence electrons. The number of carbonyl (C=O) groups is 3. The molecule has 0 aromatic carbocycles. The summed E-state index contributed by atoms with van der Waals surface area (Å²) in [7, 11) is 0. The van der Waals surface area contributed by atoms with E-state index in [0.717, 1.165) is 0 Å². The van der Waals surface area contributed by atoms with Crippen LogP contribution in [0.25, 0.3) is 0 Å². The maximum atomic E-state index is 12.1. The van der Waals surface area contributed by atoms with Gasteiger partial charge < -0.3 is 10.6 Å². The van der Waals surface area contributed by atoms with Gasteiger partial charge in [-0.1, -0.05) is 6.92 Å². The van der Waals surface area contributed by atoms with Crippen LogP contribution in [-0.2, 0) is 14.4 Å². The van der Waals surface area contributed by atoms with E-state index in [1.807, 2.05) is 5.32 Å². The van der Waals surface area contributed by atoms with Gasteiger partial charge in [-0.05, 0) is 13.3 Å². The molecule has 2 amide bonds. The van der Waals surface area contributed by atoms with E-state index in [1.165, 1.54) is 0 Å². The van der Waals surface area contributed by atoms with Crippen LogP contribution in [0.2, 0.25) is 0 Å². The van der Waals surface area contributed by atoms with Crippen LogP contribution < -0.4 is 10.6 Å². The number of Topliss-reactive ketones (excluding diaryl/α,β-unsaturated/α-hetero) is 1. The number of amides is 2. The third-order valence-electron chi connectivity index (χ3n) is 2.21. The maximum Gasteiger partial charge on any atom is 0.289 e. The molecule has 0 aliphatic heterocycles. The van der Waals surface area contributed by atoms with Crippen molar-refractivity contribution in [1.82, 2.24) is 10.6 Å². The van der Waals surface area contributed by atoms with Gasteiger partial charge in [0.2, 0.25) is 18.6 Å².